The van der Waals surface area contributed by atoms with Gasteiger partial charge in [0.1, 0.15) is 0 Å². The summed E-state index contributed by atoms with van der Waals surface area (Å²) in [6.45, 7) is 0. The van der Waals surface area contributed by atoms with Crippen molar-refractivity contribution in [3.8, 4) is 0 Å². The first-order chi connectivity index (χ1) is 0. The molecule has 0 aliphatic rings. The van der Waals surface area contributed by atoms with Gasteiger partial charge in [-0.15, -0.1) is 0 Å². The molecule has 0 rings (SSSR count). The minimum absolute atomic E-state index is 0. The molecule has 0 aliphatic heterocycles. The molecule has 0 saturated carbocycles. The SMILES string of the molecule is [Cu].[Fe].[Mg].[Mo].[Zn]. The molecule has 0 aliphatic carbocycles. The smallest absolute Gasteiger partial charge is 0 e. The minimum Gasteiger partial charge on any atom is 0 e. The third-order valence-electron chi connectivity index (χ3n) is 0. The second-order valence-corrected chi connectivity index (χ2v) is 0. The maximum atomic E-state index is 0. The van der Waals surface area contributed by atoms with Crippen LogP contribution in [0.4, 0.5) is 0 Å². The van der Waals surface area contributed by atoms with Crippen LogP contribution >= 0.6 is 0 Å². The average molecular weight is 305 g/mol. The fraction of sp³-hybridized carbons (Fsp3) is 0. The van der Waals surface area contributed by atoms with Gasteiger partial charge in [0.25, 0.3) is 0 Å². The number of hydrogen-bond donors (Lipinski definition) is 0. The van der Waals surface area contributed by atoms with E-state index in [1.165, 1.54) is 0 Å². The summed E-state index contributed by atoms with van der Waals surface area (Å²) in [4.78, 5) is 0. The van der Waals surface area contributed by atoms with E-state index in [2.05, 4.69) is 0 Å². The summed E-state index contributed by atoms with van der Waals surface area (Å²) >= 11 is 0. The predicted octanol–water partition coefficient (Wildman–Crippen LogP) is -0.391. The molecule has 0 saturated heterocycles. The molecule has 0 bridgehead atoms. The van der Waals surface area contributed by atoms with Crippen LogP contribution in [-0.2, 0) is 74.7 Å². The molecular formula is CuFeMgMoZn. The standard InChI is InChI=1S/Cu.Fe.Mg.Mo.Zn. The van der Waals surface area contributed by atoms with Gasteiger partial charge in [-0.05, 0) is 0 Å². The van der Waals surface area contributed by atoms with Gasteiger partial charge in [-0.2, -0.15) is 0 Å². The third-order valence-corrected chi connectivity index (χ3v) is 0. The van der Waals surface area contributed by atoms with E-state index in [9.17, 15) is 0 Å². The minimum atomic E-state index is 0. The van der Waals surface area contributed by atoms with Crippen LogP contribution in [0.25, 0.3) is 0 Å². The molecule has 0 heterocycles. The van der Waals surface area contributed by atoms with Gasteiger partial charge >= 0.3 is 0 Å². The molecule has 0 N–H and O–H groups in total. The summed E-state index contributed by atoms with van der Waals surface area (Å²) < 4.78 is 0. The Hall–Kier alpha value is 3.12. The largest absolute Gasteiger partial charge is 0 e. The first-order valence-electron chi connectivity index (χ1n) is 0. The van der Waals surface area contributed by atoms with E-state index >= 15 is 0 Å². The van der Waals surface area contributed by atoms with Crippen molar-refractivity contribution >= 4 is 23.1 Å². The van der Waals surface area contributed by atoms with E-state index < -0.39 is 0 Å². The van der Waals surface area contributed by atoms with E-state index in [1.807, 2.05) is 0 Å². The molecule has 0 aromatic heterocycles. The molecular weight excluding hydrogens is 305 g/mol. The molecule has 0 aromatic rings. The van der Waals surface area contributed by atoms with Crippen LogP contribution in [0.5, 0.6) is 0 Å². The molecule has 29 valence electrons. The van der Waals surface area contributed by atoms with Gasteiger partial charge < -0.3 is 0 Å². The van der Waals surface area contributed by atoms with Gasteiger partial charge in [0.2, 0.25) is 0 Å². The number of rotatable bonds is 0. The molecule has 0 atom stereocenters. The molecule has 0 spiro atoms. The number of hydrogen-bond acceptors (Lipinski definition) is 0. The van der Waals surface area contributed by atoms with E-state index in [-0.39, 0.29) is 97.7 Å². The molecule has 3 radical (unpaired) electrons. The molecule has 0 unspecified atom stereocenters. The Kier molecular flexibility index (Phi) is 232. The molecule has 5 heavy (non-hydrogen) atoms. The summed E-state index contributed by atoms with van der Waals surface area (Å²) in [5.41, 5.74) is 0. The van der Waals surface area contributed by atoms with Crippen molar-refractivity contribution in [2.45, 2.75) is 0 Å². The van der Waals surface area contributed by atoms with Crippen LogP contribution < -0.4 is 0 Å². The van der Waals surface area contributed by atoms with Crippen molar-refractivity contribution in [2.24, 2.45) is 0 Å². The van der Waals surface area contributed by atoms with Crippen molar-refractivity contribution in [1.29, 1.82) is 0 Å². The zero-order chi connectivity index (χ0) is 0. The first kappa shape index (κ1) is 42.3. The van der Waals surface area contributed by atoms with Gasteiger partial charge in [0, 0.05) is 97.7 Å². The predicted molar refractivity (Wildman–Crippen MR) is 5.75 cm³/mol. The summed E-state index contributed by atoms with van der Waals surface area (Å²) in [5.74, 6) is 0. The van der Waals surface area contributed by atoms with Crippen molar-refractivity contribution < 1.29 is 74.7 Å². The normalized spacial score (nSPS) is 0. The monoisotopic (exact) mass is 305 g/mol. The van der Waals surface area contributed by atoms with Gasteiger partial charge in [-0.1, -0.05) is 0 Å². The van der Waals surface area contributed by atoms with Crippen LogP contribution in [0, 0.1) is 0 Å². The molecule has 0 nitrogen and oxygen atoms in total. The topological polar surface area (TPSA) is 0 Å². The second-order valence-electron chi connectivity index (χ2n) is 0. The summed E-state index contributed by atoms with van der Waals surface area (Å²) in [7, 11) is 0. The maximum absolute atomic E-state index is 0. The van der Waals surface area contributed by atoms with Crippen molar-refractivity contribution in [1.82, 2.24) is 0 Å². The average Bonchev–Trinajstić information content (AvgIpc) is 0. The Bertz CT molecular complexity index is 11.6. The van der Waals surface area contributed by atoms with Crippen LogP contribution in [-0.4, -0.2) is 23.1 Å². The van der Waals surface area contributed by atoms with Gasteiger partial charge in [-0.3, -0.25) is 0 Å². The quantitative estimate of drug-likeness (QED) is 0.535. The zero-order valence-electron chi connectivity index (χ0n) is 2.48. The van der Waals surface area contributed by atoms with Crippen LogP contribution in [0.3, 0.4) is 0 Å². The maximum Gasteiger partial charge on any atom is 0 e. The summed E-state index contributed by atoms with van der Waals surface area (Å²) in [6.07, 6.45) is 0. The van der Waals surface area contributed by atoms with Gasteiger partial charge in [0.15, 0.2) is 0 Å². The molecule has 0 amide bonds. The summed E-state index contributed by atoms with van der Waals surface area (Å²) in [5, 5.41) is 0. The van der Waals surface area contributed by atoms with Crippen molar-refractivity contribution in [3.05, 3.63) is 0 Å². The van der Waals surface area contributed by atoms with E-state index in [0.717, 1.165) is 0 Å². The van der Waals surface area contributed by atoms with Crippen molar-refractivity contribution in [3.63, 3.8) is 0 Å². The Morgan fingerprint density at radius 1 is 1.00 bits per heavy atom. The van der Waals surface area contributed by atoms with Gasteiger partial charge in [0.05, 0.1) is 0 Å². The Labute approximate surface area is 96.1 Å². The van der Waals surface area contributed by atoms with Crippen LogP contribution in [0.15, 0.2) is 0 Å². The Morgan fingerprint density at radius 3 is 1.00 bits per heavy atom. The van der Waals surface area contributed by atoms with Gasteiger partial charge in [-0.25, -0.2) is 0 Å². The molecule has 0 fully saturated rings. The summed E-state index contributed by atoms with van der Waals surface area (Å²) in [6, 6.07) is 0. The molecule has 0 aromatic carbocycles. The van der Waals surface area contributed by atoms with E-state index in [4.69, 9.17) is 0 Å². The molecule has 5 heteroatoms. The van der Waals surface area contributed by atoms with Crippen LogP contribution in [0.1, 0.15) is 0 Å². The zero-order valence-corrected chi connectivity index (χ0v) is 10.9. The first-order valence-corrected chi connectivity index (χ1v) is 0. The van der Waals surface area contributed by atoms with E-state index in [0.29, 0.717) is 0 Å². The fourth-order valence-corrected chi connectivity index (χ4v) is 0. The Balaban J connectivity index is 0. The third kappa shape index (κ3) is 19.2. The second kappa shape index (κ2) is 27.4. The van der Waals surface area contributed by atoms with Crippen LogP contribution in [0.2, 0.25) is 0 Å². The van der Waals surface area contributed by atoms with E-state index in [1.54, 1.807) is 0 Å². The fourth-order valence-electron chi connectivity index (χ4n) is 0. The van der Waals surface area contributed by atoms with Crippen molar-refractivity contribution in [2.75, 3.05) is 0 Å². The Morgan fingerprint density at radius 2 is 1.00 bits per heavy atom.